The van der Waals surface area contributed by atoms with Crippen LogP contribution in [0.5, 0.6) is 5.75 Å². The van der Waals surface area contributed by atoms with Gasteiger partial charge in [0.25, 0.3) is 5.91 Å². The maximum atomic E-state index is 12.3. The average molecular weight is 393 g/mol. The van der Waals surface area contributed by atoms with Crippen molar-refractivity contribution in [2.75, 3.05) is 26.0 Å². The van der Waals surface area contributed by atoms with Gasteiger partial charge in [-0.05, 0) is 43.3 Å². The molecule has 0 saturated heterocycles. The molecule has 144 valence electrons. The van der Waals surface area contributed by atoms with Gasteiger partial charge in [-0.15, -0.1) is 0 Å². The van der Waals surface area contributed by atoms with Crippen LogP contribution in [0.25, 0.3) is 0 Å². The highest BCUT2D eigenvalue weighted by atomic mass is 32.2. The number of sulfonamides is 1. The Hall–Kier alpha value is -2.98. The SMILES string of the molecule is CCOc1ccc(C(=O)Nc2ccc(S(=O)(=O)N(C)C)cc2)cc1[N+](=O)[O-]. The summed E-state index contributed by atoms with van der Waals surface area (Å²) >= 11 is 0. The molecule has 0 aliphatic carbocycles. The number of rotatable bonds is 7. The third-order valence-electron chi connectivity index (χ3n) is 3.61. The van der Waals surface area contributed by atoms with E-state index in [-0.39, 0.29) is 28.5 Å². The quantitative estimate of drug-likeness (QED) is 0.570. The summed E-state index contributed by atoms with van der Waals surface area (Å²) in [6.45, 7) is 1.96. The van der Waals surface area contributed by atoms with Gasteiger partial charge < -0.3 is 10.1 Å². The third-order valence-corrected chi connectivity index (χ3v) is 5.44. The van der Waals surface area contributed by atoms with Crippen molar-refractivity contribution in [3.05, 3.63) is 58.1 Å². The molecular formula is C17H19N3O6S. The first-order valence-electron chi connectivity index (χ1n) is 7.92. The number of benzene rings is 2. The zero-order valence-electron chi connectivity index (χ0n) is 15.0. The number of anilines is 1. The van der Waals surface area contributed by atoms with E-state index in [1.807, 2.05) is 0 Å². The lowest BCUT2D eigenvalue weighted by atomic mass is 10.1. The monoisotopic (exact) mass is 393 g/mol. The molecule has 1 amide bonds. The Morgan fingerprint density at radius 1 is 1.19 bits per heavy atom. The molecular weight excluding hydrogens is 374 g/mol. The van der Waals surface area contributed by atoms with Crippen LogP contribution in [0.15, 0.2) is 47.4 Å². The van der Waals surface area contributed by atoms with Gasteiger partial charge in [-0.3, -0.25) is 14.9 Å². The second kappa shape index (κ2) is 8.14. The summed E-state index contributed by atoms with van der Waals surface area (Å²) in [5.41, 5.74) is 0.126. The molecule has 0 atom stereocenters. The molecule has 2 rings (SSSR count). The number of ether oxygens (including phenoxy) is 1. The Balaban J connectivity index is 2.22. The predicted octanol–water partition coefficient (Wildman–Crippen LogP) is 2.50. The third kappa shape index (κ3) is 4.60. The smallest absolute Gasteiger partial charge is 0.311 e. The Bertz CT molecular complexity index is 955. The highest BCUT2D eigenvalue weighted by molar-refractivity contribution is 7.89. The number of hydrogen-bond acceptors (Lipinski definition) is 6. The van der Waals surface area contributed by atoms with Crippen LogP contribution in [-0.2, 0) is 10.0 Å². The van der Waals surface area contributed by atoms with E-state index >= 15 is 0 Å². The van der Waals surface area contributed by atoms with Crippen LogP contribution in [0.4, 0.5) is 11.4 Å². The molecule has 2 aromatic carbocycles. The van der Waals surface area contributed by atoms with E-state index < -0.39 is 20.9 Å². The molecule has 0 bridgehead atoms. The van der Waals surface area contributed by atoms with Gasteiger partial charge in [0.15, 0.2) is 5.75 Å². The van der Waals surface area contributed by atoms with Crippen molar-refractivity contribution in [3.63, 3.8) is 0 Å². The van der Waals surface area contributed by atoms with Gasteiger partial charge >= 0.3 is 5.69 Å². The number of amides is 1. The highest BCUT2D eigenvalue weighted by Crippen LogP contribution is 2.28. The second-order valence-electron chi connectivity index (χ2n) is 5.64. The normalized spacial score (nSPS) is 11.3. The topological polar surface area (TPSA) is 119 Å². The first-order chi connectivity index (χ1) is 12.7. The van der Waals surface area contributed by atoms with Gasteiger partial charge in [0.1, 0.15) is 0 Å². The number of nitro benzene ring substituents is 1. The summed E-state index contributed by atoms with van der Waals surface area (Å²) in [5, 5.41) is 13.7. The minimum absolute atomic E-state index is 0.0788. The number of nitrogens with zero attached hydrogens (tertiary/aromatic N) is 2. The summed E-state index contributed by atoms with van der Waals surface area (Å²) in [6, 6.07) is 9.53. The molecule has 1 N–H and O–H groups in total. The van der Waals surface area contributed by atoms with Gasteiger partial charge in [0.2, 0.25) is 10.0 Å². The van der Waals surface area contributed by atoms with Gasteiger partial charge in [0, 0.05) is 31.4 Å². The van der Waals surface area contributed by atoms with Crippen LogP contribution in [0.3, 0.4) is 0 Å². The van der Waals surface area contributed by atoms with Gasteiger partial charge in [0.05, 0.1) is 16.4 Å². The summed E-state index contributed by atoms with van der Waals surface area (Å²) in [5.74, 6) is -0.485. The highest BCUT2D eigenvalue weighted by Gasteiger charge is 2.19. The average Bonchev–Trinajstić information content (AvgIpc) is 2.62. The van der Waals surface area contributed by atoms with E-state index in [9.17, 15) is 23.3 Å². The maximum Gasteiger partial charge on any atom is 0.311 e. The molecule has 0 saturated carbocycles. The Morgan fingerprint density at radius 3 is 2.33 bits per heavy atom. The molecule has 0 fully saturated rings. The molecule has 0 unspecified atom stereocenters. The molecule has 9 nitrogen and oxygen atoms in total. The summed E-state index contributed by atoms with van der Waals surface area (Å²) in [6.07, 6.45) is 0. The molecule has 0 aromatic heterocycles. The lowest BCUT2D eigenvalue weighted by molar-refractivity contribution is -0.385. The van der Waals surface area contributed by atoms with E-state index in [2.05, 4.69) is 5.32 Å². The number of carbonyl (C=O) groups is 1. The number of hydrogen-bond donors (Lipinski definition) is 1. The van der Waals surface area contributed by atoms with Crippen molar-refractivity contribution in [2.45, 2.75) is 11.8 Å². The fourth-order valence-corrected chi connectivity index (χ4v) is 3.10. The molecule has 10 heteroatoms. The first-order valence-corrected chi connectivity index (χ1v) is 9.36. The molecule has 2 aromatic rings. The number of carbonyl (C=O) groups excluding carboxylic acids is 1. The van der Waals surface area contributed by atoms with Gasteiger partial charge in [-0.25, -0.2) is 12.7 Å². The summed E-state index contributed by atoms with van der Waals surface area (Å²) in [7, 11) is -0.727. The van der Waals surface area contributed by atoms with Gasteiger partial charge in [-0.1, -0.05) is 0 Å². The van der Waals surface area contributed by atoms with Crippen LogP contribution in [0, 0.1) is 10.1 Å². The van der Waals surface area contributed by atoms with Crippen LogP contribution in [0.1, 0.15) is 17.3 Å². The number of nitrogens with one attached hydrogen (secondary N) is 1. The van der Waals surface area contributed by atoms with Crippen molar-refractivity contribution >= 4 is 27.3 Å². The number of nitro groups is 1. The van der Waals surface area contributed by atoms with E-state index in [1.54, 1.807) is 6.92 Å². The molecule has 0 heterocycles. The van der Waals surface area contributed by atoms with Crippen molar-refractivity contribution in [3.8, 4) is 5.75 Å². The van der Waals surface area contributed by atoms with Crippen LogP contribution >= 0.6 is 0 Å². The van der Waals surface area contributed by atoms with Crippen LogP contribution in [0.2, 0.25) is 0 Å². The van der Waals surface area contributed by atoms with Crippen molar-refractivity contribution in [1.82, 2.24) is 4.31 Å². The van der Waals surface area contributed by atoms with Gasteiger partial charge in [-0.2, -0.15) is 0 Å². The first kappa shape index (κ1) is 20.3. The van der Waals surface area contributed by atoms with Crippen molar-refractivity contribution in [1.29, 1.82) is 0 Å². The van der Waals surface area contributed by atoms with Crippen molar-refractivity contribution < 1.29 is 22.9 Å². The van der Waals surface area contributed by atoms with Crippen molar-refractivity contribution in [2.24, 2.45) is 0 Å². The predicted molar refractivity (Wildman–Crippen MR) is 99.5 cm³/mol. The van der Waals surface area contributed by atoms with E-state index in [1.165, 1.54) is 50.5 Å². The van der Waals surface area contributed by atoms with Crippen LogP contribution < -0.4 is 10.1 Å². The van der Waals surface area contributed by atoms with E-state index in [4.69, 9.17) is 4.74 Å². The lowest BCUT2D eigenvalue weighted by Gasteiger charge is -2.12. The molecule has 0 aliphatic heterocycles. The van der Waals surface area contributed by atoms with Crippen LogP contribution in [-0.4, -0.2) is 44.3 Å². The largest absolute Gasteiger partial charge is 0.487 e. The molecule has 0 aliphatic rings. The standard InChI is InChI=1S/C17H19N3O6S/c1-4-26-16-10-5-12(11-15(16)20(22)23)17(21)18-13-6-8-14(9-7-13)27(24,25)19(2)3/h5-11H,4H2,1-3H3,(H,18,21). The minimum Gasteiger partial charge on any atom is -0.487 e. The molecule has 0 radical (unpaired) electrons. The fourth-order valence-electron chi connectivity index (χ4n) is 2.20. The lowest BCUT2D eigenvalue weighted by Crippen LogP contribution is -2.22. The summed E-state index contributed by atoms with van der Waals surface area (Å²) < 4.78 is 30.3. The fraction of sp³-hybridized carbons (Fsp3) is 0.235. The molecule has 0 spiro atoms. The zero-order valence-corrected chi connectivity index (χ0v) is 15.8. The minimum atomic E-state index is -3.57. The summed E-state index contributed by atoms with van der Waals surface area (Å²) in [4.78, 5) is 23.0. The Morgan fingerprint density at radius 2 is 1.81 bits per heavy atom. The second-order valence-corrected chi connectivity index (χ2v) is 7.79. The molecule has 27 heavy (non-hydrogen) atoms. The maximum absolute atomic E-state index is 12.3. The Labute approximate surface area is 156 Å². The van der Waals surface area contributed by atoms with E-state index in [0.717, 1.165) is 10.4 Å². The Kier molecular flexibility index (Phi) is 6.13. The van der Waals surface area contributed by atoms with E-state index in [0.29, 0.717) is 5.69 Å². The zero-order chi connectivity index (χ0) is 20.2.